The van der Waals surface area contributed by atoms with Gasteiger partial charge in [-0.1, -0.05) is 30.3 Å². The zero-order valence-corrected chi connectivity index (χ0v) is 20.1. The third-order valence-corrected chi connectivity index (χ3v) is 8.34. The minimum Gasteiger partial charge on any atom is -0.367 e. The lowest BCUT2D eigenvalue weighted by molar-refractivity contribution is -0.135. The van der Waals surface area contributed by atoms with Gasteiger partial charge < -0.3 is 9.80 Å². The molecule has 0 N–H and O–H groups in total. The molecule has 0 bridgehead atoms. The number of amides is 1. The van der Waals surface area contributed by atoms with Crippen LogP contribution >= 0.6 is 0 Å². The molecule has 4 rings (SSSR count). The fourth-order valence-corrected chi connectivity index (χ4v) is 6.36. The van der Waals surface area contributed by atoms with E-state index in [-0.39, 0.29) is 35.8 Å². The van der Waals surface area contributed by atoms with E-state index < -0.39 is 15.7 Å². The highest BCUT2D eigenvalue weighted by Crippen LogP contribution is 2.23. The quantitative estimate of drug-likeness (QED) is 0.558. The highest BCUT2D eigenvalue weighted by molar-refractivity contribution is 7.91. The molecule has 2 saturated heterocycles. The molecule has 1 atom stereocenters. The van der Waals surface area contributed by atoms with Gasteiger partial charge in [0.15, 0.2) is 15.6 Å². The Morgan fingerprint density at radius 2 is 1.76 bits per heavy atom. The standard InChI is InChI=1S/C25H30FN3O4S/c1-19(30)21-7-8-24(23(26)15-21)28-12-10-27(11-13-28)17-25(31)29(16-20-5-3-2-4-6-20)22-9-14-34(32,33)18-22/h2-8,15,22H,9-14,16-18H2,1H3. The van der Waals surface area contributed by atoms with Gasteiger partial charge >= 0.3 is 0 Å². The van der Waals surface area contributed by atoms with Crippen molar-refractivity contribution in [2.24, 2.45) is 0 Å². The molecule has 2 heterocycles. The zero-order chi connectivity index (χ0) is 24.3. The maximum absolute atomic E-state index is 14.5. The Labute approximate surface area is 200 Å². The van der Waals surface area contributed by atoms with Crippen molar-refractivity contribution in [2.75, 3.05) is 49.1 Å². The first-order valence-electron chi connectivity index (χ1n) is 11.5. The van der Waals surface area contributed by atoms with E-state index in [1.807, 2.05) is 40.1 Å². The van der Waals surface area contributed by atoms with Crippen molar-refractivity contribution in [1.29, 1.82) is 0 Å². The van der Waals surface area contributed by atoms with E-state index in [0.717, 1.165) is 5.56 Å². The summed E-state index contributed by atoms with van der Waals surface area (Å²) in [6, 6.07) is 13.8. The third kappa shape index (κ3) is 5.82. The van der Waals surface area contributed by atoms with E-state index in [4.69, 9.17) is 0 Å². The summed E-state index contributed by atoms with van der Waals surface area (Å²) in [5, 5.41) is 0. The van der Waals surface area contributed by atoms with Crippen LogP contribution in [0.5, 0.6) is 0 Å². The molecule has 0 saturated carbocycles. The maximum Gasteiger partial charge on any atom is 0.237 e. The van der Waals surface area contributed by atoms with Crippen LogP contribution in [0.2, 0.25) is 0 Å². The molecule has 2 fully saturated rings. The number of benzene rings is 2. The first-order chi connectivity index (χ1) is 16.2. The van der Waals surface area contributed by atoms with Gasteiger partial charge in [0.25, 0.3) is 0 Å². The Bertz CT molecular complexity index is 1150. The van der Waals surface area contributed by atoms with Crippen molar-refractivity contribution in [3.8, 4) is 0 Å². The lowest BCUT2D eigenvalue weighted by atomic mass is 10.1. The number of rotatable bonds is 7. The van der Waals surface area contributed by atoms with Gasteiger partial charge in [0.1, 0.15) is 5.82 Å². The number of hydrogen-bond donors (Lipinski definition) is 0. The Balaban J connectivity index is 1.39. The summed E-state index contributed by atoms with van der Waals surface area (Å²) in [7, 11) is -3.12. The molecule has 0 radical (unpaired) electrons. The van der Waals surface area contributed by atoms with Gasteiger partial charge in [-0.3, -0.25) is 14.5 Å². The number of hydrogen-bond acceptors (Lipinski definition) is 6. The van der Waals surface area contributed by atoms with Gasteiger partial charge in [-0.25, -0.2) is 12.8 Å². The molecule has 2 aliphatic rings. The fraction of sp³-hybridized carbons (Fsp3) is 0.440. The number of sulfone groups is 1. The molecule has 2 aliphatic heterocycles. The lowest BCUT2D eigenvalue weighted by Gasteiger charge is -2.37. The van der Waals surface area contributed by atoms with Crippen LogP contribution in [0.25, 0.3) is 0 Å². The molecule has 0 aromatic heterocycles. The lowest BCUT2D eigenvalue weighted by Crippen LogP contribution is -2.51. The number of piperazine rings is 1. The van der Waals surface area contributed by atoms with Gasteiger partial charge in [-0.05, 0) is 37.1 Å². The van der Waals surface area contributed by atoms with E-state index >= 15 is 0 Å². The molecule has 0 spiro atoms. The average Bonchev–Trinajstić information content (AvgIpc) is 3.18. The Kier molecular flexibility index (Phi) is 7.33. The summed E-state index contributed by atoms with van der Waals surface area (Å²) in [6.45, 7) is 4.27. The molecular formula is C25H30FN3O4S. The Hall–Kier alpha value is -2.78. The van der Waals surface area contributed by atoms with Crippen LogP contribution in [-0.4, -0.2) is 80.2 Å². The molecular weight excluding hydrogens is 457 g/mol. The first kappa shape index (κ1) is 24.3. The largest absolute Gasteiger partial charge is 0.367 e. The van der Waals surface area contributed by atoms with Crippen molar-refractivity contribution in [2.45, 2.75) is 25.9 Å². The monoisotopic (exact) mass is 487 g/mol. The van der Waals surface area contributed by atoms with Gasteiger partial charge in [0.2, 0.25) is 5.91 Å². The third-order valence-electron chi connectivity index (χ3n) is 6.59. The van der Waals surface area contributed by atoms with Gasteiger partial charge in [0, 0.05) is 44.3 Å². The van der Waals surface area contributed by atoms with Crippen molar-refractivity contribution >= 4 is 27.2 Å². The molecule has 7 nitrogen and oxygen atoms in total. The van der Waals surface area contributed by atoms with Crippen LogP contribution in [0.4, 0.5) is 10.1 Å². The number of nitrogens with zero attached hydrogens (tertiary/aromatic N) is 3. The molecule has 9 heteroatoms. The number of ketones is 1. The fourth-order valence-electron chi connectivity index (χ4n) is 4.63. The summed E-state index contributed by atoms with van der Waals surface area (Å²) >= 11 is 0. The first-order valence-corrected chi connectivity index (χ1v) is 13.4. The highest BCUT2D eigenvalue weighted by Gasteiger charge is 2.35. The van der Waals surface area contributed by atoms with Gasteiger partial charge in [-0.2, -0.15) is 0 Å². The second kappa shape index (κ2) is 10.2. The predicted molar refractivity (Wildman–Crippen MR) is 129 cm³/mol. The topological polar surface area (TPSA) is 78.0 Å². The van der Waals surface area contributed by atoms with Crippen molar-refractivity contribution in [3.05, 3.63) is 65.5 Å². The zero-order valence-electron chi connectivity index (χ0n) is 19.3. The molecule has 1 amide bonds. The number of anilines is 1. The van der Waals surface area contributed by atoms with Gasteiger partial charge in [-0.15, -0.1) is 0 Å². The Morgan fingerprint density at radius 1 is 1.06 bits per heavy atom. The van der Waals surface area contributed by atoms with Gasteiger partial charge in [0.05, 0.1) is 23.7 Å². The smallest absolute Gasteiger partial charge is 0.237 e. The number of carbonyl (C=O) groups excluding carboxylic acids is 2. The number of Topliss-reactive ketones (excluding diaryl/α,β-unsaturated/α-hetero) is 1. The SMILES string of the molecule is CC(=O)c1ccc(N2CCN(CC(=O)N(Cc3ccccc3)C3CCS(=O)(=O)C3)CC2)c(F)c1. The second-order valence-corrected chi connectivity index (χ2v) is 11.3. The molecule has 1 unspecified atom stereocenters. The van der Waals surface area contributed by atoms with Crippen LogP contribution in [0.3, 0.4) is 0 Å². The summed E-state index contributed by atoms with van der Waals surface area (Å²) < 4.78 is 38.7. The van der Waals surface area contributed by atoms with Crippen molar-refractivity contribution in [1.82, 2.24) is 9.80 Å². The Morgan fingerprint density at radius 3 is 2.35 bits per heavy atom. The predicted octanol–water partition coefficient (Wildman–Crippen LogP) is 2.37. The van der Waals surface area contributed by atoms with E-state index in [1.165, 1.54) is 13.0 Å². The minimum absolute atomic E-state index is 0.00882. The van der Waals surface area contributed by atoms with Crippen LogP contribution in [-0.2, 0) is 21.2 Å². The minimum atomic E-state index is -3.12. The summed E-state index contributed by atoms with van der Waals surface area (Å²) in [5.41, 5.74) is 1.77. The maximum atomic E-state index is 14.5. The summed E-state index contributed by atoms with van der Waals surface area (Å²) in [5.74, 6) is -0.563. The van der Waals surface area contributed by atoms with Crippen LogP contribution in [0, 0.1) is 5.82 Å². The molecule has 2 aromatic carbocycles. The highest BCUT2D eigenvalue weighted by atomic mass is 32.2. The second-order valence-electron chi connectivity index (χ2n) is 9.05. The van der Waals surface area contributed by atoms with Crippen LogP contribution in [0.1, 0.15) is 29.3 Å². The molecule has 2 aromatic rings. The molecule has 34 heavy (non-hydrogen) atoms. The van der Waals surface area contributed by atoms with Crippen molar-refractivity contribution in [3.63, 3.8) is 0 Å². The summed E-state index contributed by atoms with van der Waals surface area (Å²) in [4.78, 5) is 30.4. The molecule has 182 valence electrons. The normalized spacial score (nSPS) is 20.3. The van der Waals surface area contributed by atoms with E-state index in [1.54, 1.807) is 17.0 Å². The van der Waals surface area contributed by atoms with E-state index in [2.05, 4.69) is 0 Å². The van der Waals surface area contributed by atoms with Crippen LogP contribution < -0.4 is 4.90 Å². The average molecular weight is 488 g/mol. The molecule has 0 aliphatic carbocycles. The van der Waals surface area contributed by atoms with E-state index in [9.17, 15) is 22.4 Å². The number of halogens is 1. The van der Waals surface area contributed by atoms with Crippen molar-refractivity contribution < 1.29 is 22.4 Å². The van der Waals surface area contributed by atoms with Crippen LogP contribution in [0.15, 0.2) is 48.5 Å². The summed E-state index contributed by atoms with van der Waals surface area (Å²) in [6.07, 6.45) is 0.463. The number of carbonyl (C=O) groups is 2. The van der Waals surface area contributed by atoms with E-state index in [0.29, 0.717) is 50.4 Å².